The summed E-state index contributed by atoms with van der Waals surface area (Å²) in [5, 5.41) is 10.9. The third-order valence-corrected chi connectivity index (χ3v) is 2.14. The Morgan fingerprint density at radius 2 is 2.20 bits per heavy atom. The molecule has 0 spiro atoms. The lowest BCUT2D eigenvalue weighted by Gasteiger charge is -1.87. The van der Waals surface area contributed by atoms with Crippen molar-refractivity contribution in [3.8, 4) is 0 Å². The molecule has 2 aromatic rings. The van der Waals surface area contributed by atoms with Gasteiger partial charge in [0.15, 0.2) is 0 Å². The topological polar surface area (TPSA) is 26.9 Å². The molecule has 0 fully saturated rings. The van der Waals surface area contributed by atoms with E-state index < -0.39 is 0 Å². The maximum atomic E-state index is 10.9. The molecule has 0 N–H and O–H groups in total. The van der Waals surface area contributed by atoms with Crippen LogP contribution in [-0.4, -0.2) is 0 Å². The zero-order valence-corrected chi connectivity index (χ0v) is 5.89. The Labute approximate surface area is 61.9 Å². The van der Waals surface area contributed by atoms with E-state index in [2.05, 4.69) is 5.51 Å². The normalized spacial score (nSPS) is 10.4. The van der Waals surface area contributed by atoms with Gasteiger partial charge < -0.3 is 5.21 Å². The van der Waals surface area contributed by atoms with Gasteiger partial charge in [0, 0.05) is 6.07 Å². The summed E-state index contributed by atoms with van der Waals surface area (Å²) in [6.45, 7) is 0. The van der Waals surface area contributed by atoms with Crippen molar-refractivity contribution in [3.63, 3.8) is 0 Å². The smallest absolute Gasteiger partial charge is 0.359 e. The minimum Gasteiger partial charge on any atom is -0.617 e. The molecule has 0 amide bonds. The molecule has 0 aliphatic carbocycles. The standard InChI is InChI=1S/C7H4NOS/c9-8-5-10-7-4-2-1-3-6(7)8/h1-4H. The Kier molecular flexibility index (Phi) is 1.11. The largest absolute Gasteiger partial charge is 0.617 e. The zero-order chi connectivity index (χ0) is 6.97. The Hall–Kier alpha value is -1.09. The molecule has 3 heteroatoms. The summed E-state index contributed by atoms with van der Waals surface area (Å²) in [6.07, 6.45) is 0. The number of hydrogen-bond donors (Lipinski definition) is 0. The lowest BCUT2D eigenvalue weighted by Crippen LogP contribution is -2.22. The first kappa shape index (κ1) is 5.68. The predicted octanol–water partition coefficient (Wildman–Crippen LogP) is 1.33. The Morgan fingerprint density at radius 3 is 3.00 bits per heavy atom. The van der Waals surface area contributed by atoms with Gasteiger partial charge >= 0.3 is 5.51 Å². The highest BCUT2D eigenvalue weighted by atomic mass is 32.1. The number of hydrogen-bond acceptors (Lipinski definition) is 2. The summed E-state index contributed by atoms with van der Waals surface area (Å²) in [4.78, 5) is 0. The van der Waals surface area contributed by atoms with Crippen LogP contribution in [0.15, 0.2) is 24.3 Å². The van der Waals surface area contributed by atoms with Crippen molar-refractivity contribution < 1.29 is 4.73 Å². The van der Waals surface area contributed by atoms with Gasteiger partial charge in [-0.25, -0.2) is 0 Å². The molecule has 1 heterocycles. The minimum absolute atomic E-state index is 0.701. The molecule has 1 aromatic heterocycles. The van der Waals surface area contributed by atoms with Gasteiger partial charge in [0.25, 0.3) is 0 Å². The predicted molar refractivity (Wildman–Crippen MR) is 39.6 cm³/mol. The van der Waals surface area contributed by atoms with Crippen LogP contribution in [0, 0.1) is 10.7 Å². The highest BCUT2D eigenvalue weighted by Gasteiger charge is 2.03. The molecular weight excluding hydrogens is 146 g/mol. The summed E-state index contributed by atoms with van der Waals surface area (Å²) >= 11 is 1.34. The fourth-order valence-corrected chi connectivity index (χ4v) is 1.53. The minimum atomic E-state index is 0.701. The van der Waals surface area contributed by atoms with Gasteiger partial charge in [-0.3, -0.25) is 0 Å². The fraction of sp³-hybridized carbons (Fsp3) is 0. The Balaban J connectivity index is 2.93. The van der Waals surface area contributed by atoms with Crippen LogP contribution < -0.4 is 4.73 Å². The third-order valence-electron chi connectivity index (χ3n) is 1.32. The quantitative estimate of drug-likeness (QED) is 0.411. The summed E-state index contributed by atoms with van der Waals surface area (Å²) in [5.41, 5.74) is 3.28. The van der Waals surface area contributed by atoms with Crippen LogP contribution in [0.25, 0.3) is 10.2 Å². The lowest BCUT2D eigenvalue weighted by molar-refractivity contribution is -0.576. The van der Waals surface area contributed by atoms with Crippen LogP contribution in [0.2, 0.25) is 0 Å². The average Bonchev–Trinajstić information content (AvgIpc) is 2.34. The molecule has 49 valence electrons. The van der Waals surface area contributed by atoms with Gasteiger partial charge in [-0.05, 0) is 6.07 Å². The van der Waals surface area contributed by atoms with E-state index in [1.807, 2.05) is 18.2 Å². The van der Waals surface area contributed by atoms with Gasteiger partial charge in [0.05, 0.1) is 0 Å². The van der Waals surface area contributed by atoms with Crippen molar-refractivity contribution in [2.24, 2.45) is 0 Å². The molecule has 2 nitrogen and oxygen atoms in total. The van der Waals surface area contributed by atoms with E-state index in [0.29, 0.717) is 5.52 Å². The van der Waals surface area contributed by atoms with Gasteiger partial charge in [-0.2, -0.15) is 0 Å². The van der Waals surface area contributed by atoms with E-state index in [1.165, 1.54) is 11.3 Å². The maximum absolute atomic E-state index is 10.9. The van der Waals surface area contributed by atoms with E-state index >= 15 is 0 Å². The van der Waals surface area contributed by atoms with Crippen LogP contribution in [0.3, 0.4) is 0 Å². The molecule has 0 aliphatic heterocycles. The maximum Gasteiger partial charge on any atom is 0.359 e. The molecule has 1 radical (unpaired) electrons. The monoisotopic (exact) mass is 150 g/mol. The highest BCUT2D eigenvalue weighted by Crippen LogP contribution is 2.13. The number of aromatic nitrogens is 1. The van der Waals surface area contributed by atoms with Crippen molar-refractivity contribution in [1.82, 2.24) is 0 Å². The van der Waals surface area contributed by atoms with Crippen LogP contribution in [-0.2, 0) is 0 Å². The van der Waals surface area contributed by atoms with E-state index in [-0.39, 0.29) is 0 Å². The van der Waals surface area contributed by atoms with E-state index in [0.717, 1.165) is 9.43 Å². The first-order valence-corrected chi connectivity index (χ1v) is 3.68. The van der Waals surface area contributed by atoms with Gasteiger partial charge in [-0.1, -0.05) is 23.5 Å². The van der Waals surface area contributed by atoms with E-state index in [4.69, 9.17) is 0 Å². The molecule has 0 saturated carbocycles. The number of benzene rings is 1. The molecule has 0 atom stereocenters. The number of thiazole rings is 1. The van der Waals surface area contributed by atoms with Gasteiger partial charge in [0.1, 0.15) is 4.70 Å². The molecule has 0 saturated heterocycles. The Bertz CT molecular complexity index is 355. The summed E-state index contributed by atoms with van der Waals surface area (Å²) in [5.74, 6) is 0. The van der Waals surface area contributed by atoms with Crippen molar-refractivity contribution in [1.29, 1.82) is 0 Å². The summed E-state index contributed by atoms with van der Waals surface area (Å²) < 4.78 is 1.75. The molecular formula is C7H4NOS. The lowest BCUT2D eigenvalue weighted by atomic mass is 10.3. The van der Waals surface area contributed by atoms with Crippen molar-refractivity contribution in [3.05, 3.63) is 35.0 Å². The first-order valence-electron chi connectivity index (χ1n) is 2.87. The second kappa shape index (κ2) is 1.95. The van der Waals surface area contributed by atoms with Crippen LogP contribution in [0.4, 0.5) is 0 Å². The molecule has 0 unspecified atom stereocenters. The second-order valence-electron chi connectivity index (χ2n) is 1.96. The second-order valence-corrected chi connectivity index (χ2v) is 2.78. The van der Waals surface area contributed by atoms with E-state index in [1.54, 1.807) is 6.07 Å². The molecule has 0 aliphatic rings. The third kappa shape index (κ3) is 0.675. The number of rotatable bonds is 0. The first-order chi connectivity index (χ1) is 4.88. The molecule has 2 rings (SSSR count). The molecule has 1 aromatic carbocycles. The number of nitrogens with zero attached hydrogens (tertiary/aromatic N) is 1. The molecule has 10 heavy (non-hydrogen) atoms. The van der Waals surface area contributed by atoms with Crippen LogP contribution >= 0.6 is 11.3 Å². The van der Waals surface area contributed by atoms with Gasteiger partial charge in [0.2, 0.25) is 5.52 Å². The van der Waals surface area contributed by atoms with E-state index in [9.17, 15) is 5.21 Å². The zero-order valence-electron chi connectivity index (χ0n) is 5.07. The van der Waals surface area contributed by atoms with Gasteiger partial charge in [-0.15, -0.1) is 4.73 Å². The van der Waals surface area contributed by atoms with Crippen LogP contribution in [0.5, 0.6) is 0 Å². The molecule has 0 bridgehead atoms. The average molecular weight is 150 g/mol. The number of fused-ring (bicyclic) bond motifs is 1. The van der Waals surface area contributed by atoms with Crippen molar-refractivity contribution in [2.75, 3.05) is 0 Å². The summed E-state index contributed by atoms with van der Waals surface area (Å²) in [7, 11) is 0. The van der Waals surface area contributed by atoms with Crippen molar-refractivity contribution in [2.45, 2.75) is 0 Å². The summed E-state index contributed by atoms with van der Waals surface area (Å²) in [6, 6.07) is 7.45. The van der Waals surface area contributed by atoms with Crippen molar-refractivity contribution >= 4 is 21.6 Å². The van der Waals surface area contributed by atoms with Crippen LogP contribution in [0.1, 0.15) is 0 Å². The fourth-order valence-electron chi connectivity index (χ4n) is 0.851. The highest BCUT2D eigenvalue weighted by molar-refractivity contribution is 7.15. The number of para-hydroxylation sites is 1. The SMILES string of the molecule is [O-][n+]1[c]sc2ccccc21. The Morgan fingerprint density at radius 1 is 1.40 bits per heavy atom.